The van der Waals surface area contributed by atoms with Crippen LogP contribution in [0.4, 0.5) is 0 Å². The van der Waals surface area contributed by atoms with Crippen molar-refractivity contribution in [3.05, 3.63) is 52.8 Å². The Balaban J connectivity index is 2.45. The van der Waals surface area contributed by atoms with Crippen LogP contribution in [-0.4, -0.2) is 29.9 Å². The first-order valence-corrected chi connectivity index (χ1v) is 6.92. The first-order chi connectivity index (χ1) is 9.62. The van der Waals surface area contributed by atoms with Crippen molar-refractivity contribution < 1.29 is 9.53 Å². The molecule has 1 N–H and O–H groups in total. The number of carbonyl (C=O) groups excluding carboxylic acids is 1. The van der Waals surface area contributed by atoms with Gasteiger partial charge in [-0.15, -0.1) is 0 Å². The van der Waals surface area contributed by atoms with Crippen molar-refractivity contribution >= 4 is 21.9 Å². The van der Waals surface area contributed by atoms with E-state index in [1.807, 2.05) is 36.5 Å². The molecule has 2 aromatic rings. The van der Waals surface area contributed by atoms with Crippen LogP contribution in [-0.2, 0) is 21.6 Å². The van der Waals surface area contributed by atoms with E-state index >= 15 is 0 Å². The first-order valence-electron chi connectivity index (χ1n) is 6.13. The molecule has 1 atom stereocenters. The number of benzene rings is 1. The third-order valence-electron chi connectivity index (χ3n) is 3.23. The third kappa shape index (κ3) is 2.76. The molecule has 1 heterocycles. The Morgan fingerprint density at radius 3 is 2.65 bits per heavy atom. The summed E-state index contributed by atoms with van der Waals surface area (Å²) in [4.78, 5) is 12.3. The van der Waals surface area contributed by atoms with Gasteiger partial charge in [0.15, 0.2) is 5.54 Å². The van der Waals surface area contributed by atoms with Gasteiger partial charge in [-0.2, -0.15) is 5.10 Å². The van der Waals surface area contributed by atoms with Gasteiger partial charge >= 0.3 is 5.97 Å². The lowest BCUT2D eigenvalue weighted by Crippen LogP contribution is -2.51. The van der Waals surface area contributed by atoms with Crippen molar-refractivity contribution in [3.63, 3.8) is 0 Å². The SMILES string of the molecule is CNC(Cn1cc(Br)cn1)(C(=O)OC)c1ccccc1. The van der Waals surface area contributed by atoms with Crippen LogP contribution in [0.3, 0.4) is 0 Å². The number of hydrogen-bond donors (Lipinski definition) is 1. The van der Waals surface area contributed by atoms with Crippen molar-refractivity contribution in [1.29, 1.82) is 0 Å². The second-order valence-corrected chi connectivity index (χ2v) is 5.28. The molecule has 0 saturated heterocycles. The minimum atomic E-state index is -0.971. The number of nitrogens with one attached hydrogen (secondary N) is 1. The van der Waals surface area contributed by atoms with E-state index in [2.05, 4.69) is 26.3 Å². The zero-order valence-corrected chi connectivity index (χ0v) is 12.9. The number of esters is 1. The van der Waals surface area contributed by atoms with Crippen molar-refractivity contribution in [3.8, 4) is 0 Å². The molecule has 0 aliphatic heterocycles. The topological polar surface area (TPSA) is 56.2 Å². The van der Waals surface area contributed by atoms with Gasteiger partial charge in [-0.3, -0.25) is 10.00 Å². The van der Waals surface area contributed by atoms with Gasteiger partial charge in [0, 0.05) is 6.20 Å². The molecule has 2 rings (SSSR count). The van der Waals surface area contributed by atoms with Crippen LogP contribution in [0.15, 0.2) is 47.2 Å². The lowest BCUT2D eigenvalue weighted by molar-refractivity contribution is -0.149. The summed E-state index contributed by atoms with van der Waals surface area (Å²) < 4.78 is 7.55. The summed E-state index contributed by atoms with van der Waals surface area (Å²) in [6.45, 7) is 0.339. The molecule has 0 fully saturated rings. The molecule has 20 heavy (non-hydrogen) atoms. The quantitative estimate of drug-likeness (QED) is 0.847. The van der Waals surface area contributed by atoms with Crippen LogP contribution >= 0.6 is 15.9 Å². The summed E-state index contributed by atoms with van der Waals surface area (Å²) in [5.74, 6) is -0.349. The van der Waals surface area contributed by atoms with E-state index in [0.29, 0.717) is 6.54 Å². The van der Waals surface area contributed by atoms with Gasteiger partial charge < -0.3 is 4.74 Å². The van der Waals surface area contributed by atoms with Crippen LogP contribution in [0.1, 0.15) is 5.56 Å². The number of rotatable bonds is 5. The fourth-order valence-electron chi connectivity index (χ4n) is 2.16. The molecule has 1 aromatic carbocycles. The fourth-order valence-corrected chi connectivity index (χ4v) is 2.49. The average molecular weight is 338 g/mol. The molecule has 6 heteroatoms. The average Bonchev–Trinajstić information content (AvgIpc) is 2.90. The number of carbonyl (C=O) groups is 1. The minimum Gasteiger partial charge on any atom is -0.467 e. The Bertz CT molecular complexity index is 585. The van der Waals surface area contributed by atoms with E-state index in [0.717, 1.165) is 10.0 Å². The van der Waals surface area contributed by atoms with E-state index in [4.69, 9.17) is 4.74 Å². The van der Waals surface area contributed by atoms with Crippen molar-refractivity contribution in [2.75, 3.05) is 14.2 Å². The largest absolute Gasteiger partial charge is 0.467 e. The van der Waals surface area contributed by atoms with Gasteiger partial charge in [-0.1, -0.05) is 30.3 Å². The summed E-state index contributed by atoms with van der Waals surface area (Å²) >= 11 is 3.35. The molecule has 1 unspecified atom stereocenters. The molecule has 0 aliphatic rings. The Labute approximate surface area is 126 Å². The number of likely N-dealkylation sites (N-methyl/N-ethyl adjacent to an activating group) is 1. The van der Waals surface area contributed by atoms with E-state index in [1.165, 1.54) is 7.11 Å². The maximum absolute atomic E-state index is 12.3. The van der Waals surface area contributed by atoms with Crippen LogP contribution < -0.4 is 5.32 Å². The molecule has 0 bridgehead atoms. The van der Waals surface area contributed by atoms with Crippen molar-refractivity contribution in [2.24, 2.45) is 0 Å². The lowest BCUT2D eigenvalue weighted by Gasteiger charge is -2.31. The number of nitrogens with zero attached hydrogens (tertiary/aromatic N) is 2. The first kappa shape index (κ1) is 14.7. The molecular formula is C14H16BrN3O2. The van der Waals surface area contributed by atoms with Crippen LogP contribution in [0.25, 0.3) is 0 Å². The molecule has 106 valence electrons. The molecule has 5 nitrogen and oxygen atoms in total. The van der Waals surface area contributed by atoms with Gasteiger partial charge in [0.1, 0.15) is 0 Å². The second kappa shape index (κ2) is 6.19. The zero-order chi connectivity index (χ0) is 14.6. The van der Waals surface area contributed by atoms with Crippen molar-refractivity contribution in [2.45, 2.75) is 12.1 Å². The Morgan fingerprint density at radius 2 is 2.15 bits per heavy atom. The van der Waals surface area contributed by atoms with E-state index in [9.17, 15) is 4.79 Å². The number of hydrogen-bond acceptors (Lipinski definition) is 4. The number of methoxy groups -OCH3 is 1. The van der Waals surface area contributed by atoms with E-state index in [-0.39, 0.29) is 5.97 Å². The molecule has 0 radical (unpaired) electrons. The summed E-state index contributed by atoms with van der Waals surface area (Å²) in [5, 5.41) is 7.30. The molecule has 0 saturated carbocycles. The fraction of sp³-hybridized carbons (Fsp3) is 0.286. The second-order valence-electron chi connectivity index (χ2n) is 4.37. The summed E-state index contributed by atoms with van der Waals surface area (Å²) in [6, 6.07) is 9.48. The highest BCUT2D eigenvalue weighted by molar-refractivity contribution is 9.10. The molecular weight excluding hydrogens is 322 g/mol. The Kier molecular flexibility index (Phi) is 4.57. The lowest BCUT2D eigenvalue weighted by atomic mass is 9.90. The van der Waals surface area contributed by atoms with Gasteiger partial charge in [0.25, 0.3) is 0 Å². The predicted octanol–water partition coefficient (Wildman–Crippen LogP) is 1.93. The normalized spacial score (nSPS) is 13.8. The Morgan fingerprint density at radius 1 is 1.45 bits per heavy atom. The van der Waals surface area contributed by atoms with Crippen LogP contribution in [0, 0.1) is 0 Å². The van der Waals surface area contributed by atoms with Gasteiger partial charge in [-0.05, 0) is 28.5 Å². The smallest absolute Gasteiger partial charge is 0.332 e. The van der Waals surface area contributed by atoms with E-state index in [1.54, 1.807) is 17.9 Å². The molecule has 1 aromatic heterocycles. The number of aromatic nitrogens is 2. The molecule has 0 aliphatic carbocycles. The molecule has 0 amide bonds. The standard InChI is InChI=1S/C14H16BrN3O2/c1-16-14(13(19)20-2,11-6-4-3-5-7-11)10-18-9-12(15)8-17-18/h3-9,16H,10H2,1-2H3. The Hall–Kier alpha value is -1.66. The van der Waals surface area contributed by atoms with Crippen LogP contribution in [0.5, 0.6) is 0 Å². The molecule has 0 spiro atoms. The third-order valence-corrected chi connectivity index (χ3v) is 3.64. The maximum Gasteiger partial charge on any atom is 0.332 e. The number of ether oxygens (including phenoxy) is 1. The van der Waals surface area contributed by atoms with Crippen molar-refractivity contribution in [1.82, 2.24) is 15.1 Å². The maximum atomic E-state index is 12.3. The van der Waals surface area contributed by atoms with Gasteiger partial charge in [0.2, 0.25) is 0 Å². The highest BCUT2D eigenvalue weighted by Crippen LogP contribution is 2.25. The monoisotopic (exact) mass is 337 g/mol. The number of halogens is 1. The summed E-state index contributed by atoms with van der Waals surface area (Å²) in [5.41, 5.74) is -0.137. The van der Waals surface area contributed by atoms with E-state index < -0.39 is 5.54 Å². The zero-order valence-electron chi connectivity index (χ0n) is 11.3. The van der Waals surface area contributed by atoms with Gasteiger partial charge in [-0.25, -0.2) is 4.79 Å². The summed E-state index contributed by atoms with van der Waals surface area (Å²) in [7, 11) is 3.12. The van der Waals surface area contributed by atoms with Gasteiger partial charge in [0.05, 0.1) is 24.3 Å². The summed E-state index contributed by atoms with van der Waals surface area (Å²) in [6.07, 6.45) is 3.50. The van der Waals surface area contributed by atoms with Crippen LogP contribution in [0.2, 0.25) is 0 Å². The highest BCUT2D eigenvalue weighted by atomic mass is 79.9. The predicted molar refractivity (Wildman–Crippen MR) is 79.1 cm³/mol. The highest BCUT2D eigenvalue weighted by Gasteiger charge is 2.40. The minimum absolute atomic E-state index is 0.339.